The molecule has 1 aromatic heterocycles. The second-order valence-corrected chi connectivity index (χ2v) is 5.98. The molecule has 1 heterocycles. The molecule has 3 aromatic rings. The number of hydrogen-bond donors (Lipinski definition) is 2. The van der Waals surface area contributed by atoms with Gasteiger partial charge in [-0.2, -0.15) is 0 Å². The summed E-state index contributed by atoms with van der Waals surface area (Å²) in [5.41, 5.74) is 2.71. The average Bonchev–Trinajstić information content (AvgIpc) is 3.00. The lowest BCUT2D eigenvalue weighted by molar-refractivity contribution is 0.0608. The fourth-order valence-corrected chi connectivity index (χ4v) is 2.89. The van der Waals surface area contributed by atoms with Crippen LogP contribution in [0, 0.1) is 0 Å². The third kappa shape index (κ3) is 4.07. The Labute approximate surface area is 146 Å². The van der Waals surface area contributed by atoms with Crippen molar-refractivity contribution in [3.05, 3.63) is 71.9 Å². The first-order valence-corrected chi connectivity index (χ1v) is 8.26. The first-order chi connectivity index (χ1) is 12.2. The molecule has 5 heteroatoms. The number of carbonyl (C=O) groups excluding carboxylic acids is 1. The summed E-state index contributed by atoms with van der Waals surface area (Å²) in [6, 6.07) is 19.8. The summed E-state index contributed by atoms with van der Waals surface area (Å²) in [6.07, 6.45) is -0.721. The van der Waals surface area contributed by atoms with Crippen LogP contribution in [0.5, 0.6) is 0 Å². The third-order valence-electron chi connectivity index (χ3n) is 4.08. The highest BCUT2D eigenvalue weighted by Gasteiger charge is 2.16. The molecule has 2 N–H and O–H groups in total. The van der Waals surface area contributed by atoms with Crippen LogP contribution in [0.25, 0.3) is 10.9 Å². The molecule has 1 atom stereocenters. The van der Waals surface area contributed by atoms with Crippen LogP contribution in [0.2, 0.25) is 0 Å². The van der Waals surface area contributed by atoms with Crippen molar-refractivity contribution >= 4 is 16.8 Å². The topological polar surface area (TPSA) is 63.5 Å². The van der Waals surface area contributed by atoms with Gasteiger partial charge in [-0.1, -0.05) is 48.5 Å². The zero-order chi connectivity index (χ0) is 17.6. The number of amides is 1. The van der Waals surface area contributed by atoms with E-state index in [1.54, 1.807) is 0 Å². The second-order valence-electron chi connectivity index (χ2n) is 5.98. The summed E-state index contributed by atoms with van der Waals surface area (Å²) < 4.78 is 6.89. The lowest BCUT2D eigenvalue weighted by Crippen LogP contribution is -2.35. The monoisotopic (exact) mass is 338 g/mol. The largest absolute Gasteiger partial charge is 0.389 e. The highest BCUT2D eigenvalue weighted by atomic mass is 16.5. The van der Waals surface area contributed by atoms with Crippen LogP contribution in [-0.4, -0.2) is 41.9 Å². The number of nitrogens with zero attached hydrogens (tertiary/aromatic N) is 1. The Morgan fingerprint density at radius 3 is 2.64 bits per heavy atom. The van der Waals surface area contributed by atoms with Crippen LogP contribution in [-0.2, 0) is 11.3 Å². The van der Waals surface area contributed by atoms with E-state index < -0.39 is 6.10 Å². The number of methoxy groups -OCH3 is 1. The first-order valence-electron chi connectivity index (χ1n) is 8.26. The Morgan fingerprint density at radius 2 is 1.88 bits per heavy atom. The van der Waals surface area contributed by atoms with Gasteiger partial charge in [0, 0.05) is 31.1 Å². The summed E-state index contributed by atoms with van der Waals surface area (Å²) in [4.78, 5) is 12.7. The SMILES string of the molecule is COCC(O)CNC(=O)c1cc2ccccc2n1Cc1ccccc1. The van der Waals surface area contributed by atoms with Crippen LogP contribution >= 0.6 is 0 Å². The zero-order valence-corrected chi connectivity index (χ0v) is 14.2. The van der Waals surface area contributed by atoms with Gasteiger partial charge >= 0.3 is 0 Å². The molecule has 0 aliphatic heterocycles. The van der Waals surface area contributed by atoms with Crippen LogP contribution in [0.3, 0.4) is 0 Å². The average molecular weight is 338 g/mol. The van der Waals surface area contributed by atoms with Crippen molar-refractivity contribution in [2.75, 3.05) is 20.3 Å². The Morgan fingerprint density at radius 1 is 1.16 bits per heavy atom. The molecule has 25 heavy (non-hydrogen) atoms. The van der Waals surface area contributed by atoms with E-state index in [1.807, 2.05) is 65.2 Å². The van der Waals surface area contributed by atoms with E-state index in [9.17, 15) is 9.90 Å². The van der Waals surface area contributed by atoms with E-state index in [1.165, 1.54) is 7.11 Å². The molecule has 0 saturated heterocycles. The number of hydrogen-bond acceptors (Lipinski definition) is 3. The van der Waals surface area contributed by atoms with Gasteiger partial charge in [0.15, 0.2) is 0 Å². The fraction of sp³-hybridized carbons (Fsp3) is 0.250. The maximum absolute atomic E-state index is 12.7. The number of fused-ring (bicyclic) bond motifs is 1. The molecule has 3 rings (SSSR count). The molecule has 5 nitrogen and oxygen atoms in total. The predicted octanol–water partition coefficient (Wildman–Crippen LogP) is 2.43. The minimum Gasteiger partial charge on any atom is -0.389 e. The summed E-state index contributed by atoms with van der Waals surface area (Å²) in [7, 11) is 1.52. The Balaban J connectivity index is 1.88. The van der Waals surface area contributed by atoms with Crippen molar-refractivity contribution in [2.45, 2.75) is 12.6 Å². The minimum absolute atomic E-state index is 0.152. The molecule has 0 spiro atoms. The van der Waals surface area contributed by atoms with Crippen molar-refractivity contribution in [1.82, 2.24) is 9.88 Å². The predicted molar refractivity (Wildman–Crippen MR) is 97.7 cm³/mol. The van der Waals surface area contributed by atoms with E-state index in [0.717, 1.165) is 16.5 Å². The number of benzene rings is 2. The van der Waals surface area contributed by atoms with E-state index in [0.29, 0.717) is 12.2 Å². The normalized spacial score (nSPS) is 12.2. The Bertz CT molecular complexity index is 843. The molecule has 0 radical (unpaired) electrons. The van der Waals surface area contributed by atoms with E-state index in [2.05, 4.69) is 5.32 Å². The van der Waals surface area contributed by atoms with Gasteiger partial charge in [-0.25, -0.2) is 0 Å². The first kappa shape index (κ1) is 17.2. The second kappa shape index (κ2) is 7.96. The lowest BCUT2D eigenvalue weighted by atomic mass is 10.2. The Hall–Kier alpha value is -2.63. The maximum atomic E-state index is 12.7. The van der Waals surface area contributed by atoms with Crippen molar-refractivity contribution in [2.24, 2.45) is 0 Å². The van der Waals surface area contributed by atoms with Gasteiger partial charge in [0.25, 0.3) is 5.91 Å². The summed E-state index contributed by atoms with van der Waals surface area (Å²) >= 11 is 0. The summed E-state index contributed by atoms with van der Waals surface area (Å²) in [5, 5.41) is 13.5. The van der Waals surface area contributed by atoms with Crippen LogP contribution in [0.1, 0.15) is 16.1 Å². The number of ether oxygens (including phenoxy) is 1. The Kier molecular flexibility index (Phi) is 5.48. The molecule has 0 bridgehead atoms. The number of aliphatic hydroxyl groups is 1. The smallest absolute Gasteiger partial charge is 0.268 e. The molecule has 0 aliphatic carbocycles. The molecule has 1 amide bonds. The van der Waals surface area contributed by atoms with Gasteiger partial charge < -0.3 is 19.7 Å². The quantitative estimate of drug-likeness (QED) is 0.695. The number of nitrogens with one attached hydrogen (secondary N) is 1. The lowest BCUT2D eigenvalue weighted by Gasteiger charge is -2.13. The molecule has 2 aromatic carbocycles. The number of carbonyl (C=O) groups is 1. The van der Waals surface area contributed by atoms with Gasteiger partial charge in [-0.3, -0.25) is 4.79 Å². The summed E-state index contributed by atoms with van der Waals surface area (Å²) in [5.74, 6) is -0.206. The maximum Gasteiger partial charge on any atom is 0.268 e. The highest BCUT2D eigenvalue weighted by molar-refractivity contribution is 5.98. The number of aromatic nitrogens is 1. The standard InChI is InChI=1S/C20H22N2O3/c1-25-14-17(23)12-21-20(24)19-11-16-9-5-6-10-18(16)22(19)13-15-7-3-2-4-8-15/h2-11,17,23H,12-14H2,1H3,(H,21,24). The van der Waals surface area contributed by atoms with Gasteiger partial charge in [0.1, 0.15) is 5.69 Å². The molecular formula is C20H22N2O3. The van der Waals surface area contributed by atoms with Crippen molar-refractivity contribution in [1.29, 1.82) is 0 Å². The van der Waals surface area contributed by atoms with E-state index in [4.69, 9.17) is 4.74 Å². The minimum atomic E-state index is -0.721. The van der Waals surface area contributed by atoms with Crippen LogP contribution in [0.15, 0.2) is 60.7 Å². The zero-order valence-electron chi connectivity index (χ0n) is 14.2. The van der Waals surface area contributed by atoms with Crippen molar-refractivity contribution < 1.29 is 14.6 Å². The number of para-hydroxylation sites is 1. The number of rotatable bonds is 7. The molecule has 1 unspecified atom stereocenters. The molecule has 0 saturated carbocycles. The van der Waals surface area contributed by atoms with Gasteiger partial charge in [-0.05, 0) is 17.7 Å². The number of aliphatic hydroxyl groups excluding tert-OH is 1. The van der Waals surface area contributed by atoms with Crippen LogP contribution in [0.4, 0.5) is 0 Å². The van der Waals surface area contributed by atoms with E-state index >= 15 is 0 Å². The van der Waals surface area contributed by atoms with Crippen molar-refractivity contribution in [3.8, 4) is 0 Å². The fourth-order valence-electron chi connectivity index (χ4n) is 2.89. The third-order valence-corrected chi connectivity index (χ3v) is 4.08. The van der Waals surface area contributed by atoms with Gasteiger partial charge in [0.2, 0.25) is 0 Å². The molecular weight excluding hydrogens is 316 g/mol. The molecule has 130 valence electrons. The van der Waals surface area contributed by atoms with Gasteiger partial charge in [-0.15, -0.1) is 0 Å². The molecule has 0 fully saturated rings. The summed E-state index contributed by atoms with van der Waals surface area (Å²) in [6.45, 7) is 0.949. The molecule has 0 aliphatic rings. The highest BCUT2D eigenvalue weighted by Crippen LogP contribution is 2.21. The van der Waals surface area contributed by atoms with Crippen LogP contribution < -0.4 is 5.32 Å². The van der Waals surface area contributed by atoms with E-state index in [-0.39, 0.29) is 19.1 Å². The van der Waals surface area contributed by atoms with Crippen molar-refractivity contribution in [3.63, 3.8) is 0 Å². The van der Waals surface area contributed by atoms with Gasteiger partial charge in [0.05, 0.1) is 12.7 Å².